The van der Waals surface area contributed by atoms with Gasteiger partial charge in [-0.2, -0.15) is 0 Å². The number of sulfone groups is 1. The maximum atomic E-state index is 12.8. The van der Waals surface area contributed by atoms with E-state index in [0.29, 0.717) is 24.9 Å². The molecule has 0 N–H and O–H groups in total. The van der Waals surface area contributed by atoms with Crippen LogP contribution in [-0.4, -0.2) is 76.3 Å². The van der Waals surface area contributed by atoms with E-state index in [1.807, 2.05) is 18.0 Å². The molecule has 2 aromatic rings. The summed E-state index contributed by atoms with van der Waals surface area (Å²) in [6, 6.07) is 7.23. The van der Waals surface area contributed by atoms with E-state index in [9.17, 15) is 23.2 Å². The van der Waals surface area contributed by atoms with Crippen LogP contribution in [-0.2, 0) is 28.9 Å². The quantitative estimate of drug-likeness (QED) is 0.0730. The minimum Gasteiger partial charge on any atom is -0.464 e. The van der Waals surface area contributed by atoms with Crippen LogP contribution >= 0.6 is 11.6 Å². The van der Waals surface area contributed by atoms with Crippen LogP contribution in [0.2, 0.25) is 0 Å². The van der Waals surface area contributed by atoms with Crippen LogP contribution in [0.1, 0.15) is 39.0 Å². The molecule has 12 nitrogen and oxygen atoms in total. The largest absolute Gasteiger partial charge is 0.464 e. The number of rotatable bonds is 18. The molecule has 1 aliphatic carbocycles. The SMILES string of the molecule is C=C[C@]1(C)CC[C@@H](C(=C)CN(C)CCOC(=O)CCC(=O)OCCOc2no[n+]([O-])c2S(=O)(=O)c2ccccc2)C[C@H]1C(=C)CCl. The lowest BCUT2D eigenvalue weighted by molar-refractivity contribution is -0.832. The van der Waals surface area contributed by atoms with E-state index in [1.54, 1.807) is 6.07 Å². The van der Waals surface area contributed by atoms with Crippen molar-refractivity contribution in [3.8, 4) is 5.88 Å². The summed E-state index contributed by atoms with van der Waals surface area (Å²) in [6.45, 7) is 15.5. The van der Waals surface area contributed by atoms with E-state index >= 15 is 0 Å². The lowest BCUT2D eigenvalue weighted by Crippen LogP contribution is -2.36. The predicted molar refractivity (Wildman–Crippen MR) is 170 cm³/mol. The Bertz CT molecular complexity index is 1500. The highest BCUT2D eigenvalue weighted by molar-refractivity contribution is 7.91. The maximum absolute atomic E-state index is 12.8. The molecule has 14 heteroatoms. The van der Waals surface area contributed by atoms with E-state index in [2.05, 4.69) is 36.4 Å². The van der Waals surface area contributed by atoms with Crippen LogP contribution in [0, 0.1) is 22.5 Å². The Labute approximate surface area is 275 Å². The van der Waals surface area contributed by atoms with Crippen molar-refractivity contribution in [2.45, 2.75) is 48.9 Å². The van der Waals surface area contributed by atoms with Gasteiger partial charge in [-0.3, -0.25) is 19.1 Å². The van der Waals surface area contributed by atoms with Gasteiger partial charge in [-0.05, 0) is 60.6 Å². The number of benzene rings is 1. The van der Waals surface area contributed by atoms with E-state index in [0.717, 1.165) is 30.4 Å². The van der Waals surface area contributed by atoms with Crippen molar-refractivity contribution in [2.75, 3.05) is 45.8 Å². The third kappa shape index (κ3) is 9.66. The van der Waals surface area contributed by atoms with E-state index in [-0.39, 0.29) is 53.8 Å². The van der Waals surface area contributed by atoms with Gasteiger partial charge in [-0.15, -0.1) is 18.2 Å². The zero-order chi connectivity index (χ0) is 33.9. The number of allylic oxidation sites excluding steroid dienone is 2. The second-order valence-corrected chi connectivity index (χ2v) is 13.7. The Morgan fingerprint density at radius 1 is 1.15 bits per heavy atom. The standard InChI is InChI=1S/C32H42ClN3O9S/c1-6-32(4)15-14-25(20-27(32)23(2)21-33)24(3)22-35(5)16-17-42-28(37)12-13-29(38)43-18-19-44-30-31(36(39)45-34-30)46(40,41)26-10-8-7-9-11-26/h6-11,25,27H,1-3,12-22H2,4-5H3/t25-,27+,32-/m1/s1. The number of likely N-dealkylation sites (N-methyl/N-ethyl adjacent to an activating group) is 1. The van der Waals surface area contributed by atoms with Gasteiger partial charge in [-0.25, -0.2) is 8.42 Å². The Kier molecular flexibility index (Phi) is 13.4. The summed E-state index contributed by atoms with van der Waals surface area (Å²) < 4.78 is 45.5. The van der Waals surface area contributed by atoms with Crippen LogP contribution in [0.3, 0.4) is 0 Å². The number of hydrogen-bond acceptors (Lipinski definition) is 11. The molecular formula is C32H42ClN3O9S. The molecule has 1 saturated carbocycles. The molecule has 1 aromatic heterocycles. The third-order valence-corrected chi connectivity index (χ3v) is 10.3. The predicted octanol–water partition coefficient (Wildman–Crippen LogP) is 4.28. The van der Waals surface area contributed by atoms with Gasteiger partial charge in [0.25, 0.3) is 9.84 Å². The summed E-state index contributed by atoms with van der Waals surface area (Å²) in [5.41, 5.74) is 2.11. The fourth-order valence-electron chi connectivity index (χ4n) is 5.43. The van der Waals surface area contributed by atoms with Gasteiger partial charge < -0.3 is 19.4 Å². The van der Waals surface area contributed by atoms with Crippen molar-refractivity contribution in [1.29, 1.82) is 0 Å². The first-order valence-corrected chi connectivity index (χ1v) is 16.9. The Hall–Kier alpha value is -3.68. The second-order valence-electron chi connectivity index (χ2n) is 11.6. The number of carbonyl (C=O) groups is 2. The van der Waals surface area contributed by atoms with Crippen molar-refractivity contribution in [2.24, 2.45) is 17.3 Å². The first-order chi connectivity index (χ1) is 21.8. The number of halogens is 1. The van der Waals surface area contributed by atoms with Gasteiger partial charge in [-0.1, -0.05) is 55.5 Å². The molecule has 0 amide bonds. The number of carbonyl (C=O) groups excluding carboxylic acids is 2. The minimum atomic E-state index is -4.27. The Balaban J connectivity index is 1.33. The molecule has 46 heavy (non-hydrogen) atoms. The van der Waals surface area contributed by atoms with Crippen molar-refractivity contribution < 1.29 is 41.7 Å². The maximum Gasteiger partial charge on any atom is 0.415 e. The van der Waals surface area contributed by atoms with Gasteiger partial charge >= 0.3 is 22.8 Å². The van der Waals surface area contributed by atoms with Gasteiger partial charge in [0.05, 0.1) is 22.9 Å². The third-order valence-electron chi connectivity index (χ3n) is 8.24. The number of ether oxygens (including phenoxy) is 3. The zero-order valence-corrected chi connectivity index (χ0v) is 27.9. The van der Waals surface area contributed by atoms with E-state index < -0.39 is 32.7 Å². The van der Waals surface area contributed by atoms with E-state index in [1.165, 1.54) is 24.3 Å². The molecular weight excluding hydrogens is 638 g/mol. The first kappa shape index (κ1) is 36.8. The van der Waals surface area contributed by atoms with Crippen molar-refractivity contribution in [1.82, 2.24) is 10.1 Å². The monoisotopic (exact) mass is 679 g/mol. The van der Waals surface area contributed by atoms with Crippen LogP contribution in [0.15, 0.2) is 81.8 Å². The lowest BCUT2D eigenvalue weighted by Gasteiger charge is -2.44. The van der Waals surface area contributed by atoms with Gasteiger partial charge in [0, 0.05) is 19.0 Å². The number of hydrogen-bond donors (Lipinski definition) is 0. The van der Waals surface area contributed by atoms with Crippen LogP contribution in [0.4, 0.5) is 0 Å². The summed E-state index contributed by atoms with van der Waals surface area (Å²) in [5, 5.41) is 14.4. The average molecular weight is 680 g/mol. The Morgan fingerprint density at radius 3 is 2.43 bits per heavy atom. The normalized spacial score (nSPS) is 19.7. The summed E-state index contributed by atoms with van der Waals surface area (Å²) in [6.07, 6.45) is 4.55. The summed E-state index contributed by atoms with van der Waals surface area (Å²) in [5.74, 6) is -0.786. The smallest absolute Gasteiger partial charge is 0.415 e. The average Bonchev–Trinajstić information content (AvgIpc) is 3.42. The van der Waals surface area contributed by atoms with Gasteiger partial charge in [0.15, 0.2) is 0 Å². The molecule has 0 unspecified atom stereocenters. The number of aromatic nitrogens is 2. The van der Waals surface area contributed by atoms with Crippen LogP contribution < -0.4 is 9.64 Å². The summed E-state index contributed by atoms with van der Waals surface area (Å²) in [4.78, 5) is 25.8. The van der Waals surface area contributed by atoms with Gasteiger partial charge in [0.1, 0.15) is 19.8 Å². The molecule has 0 spiro atoms. The molecule has 1 fully saturated rings. The fraction of sp³-hybridized carbons (Fsp3) is 0.500. The minimum absolute atomic E-state index is 0.0268. The first-order valence-electron chi connectivity index (χ1n) is 14.9. The molecule has 1 aromatic carbocycles. The lowest BCUT2D eigenvalue weighted by atomic mass is 9.61. The molecule has 0 saturated heterocycles. The van der Waals surface area contributed by atoms with Crippen molar-refractivity contribution >= 4 is 33.4 Å². The second kappa shape index (κ2) is 16.8. The zero-order valence-electron chi connectivity index (χ0n) is 26.3. The molecule has 0 bridgehead atoms. The highest BCUT2D eigenvalue weighted by Crippen LogP contribution is 2.49. The highest BCUT2D eigenvalue weighted by Gasteiger charge is 2.40. The van der Waals surface area contributed by atoms with Crippen molar-refractivity contribution in [3.63, 3.8) is 0 Å². The van der Waals surface area contributed by atoms with Crippen LogP contribution in [0.25, 0.3) is 0 Å². The molecule has 3 rings (SSSR count). The molecule has 1 aliphatic rings. The number of nitrogens with zero attached hydrogens (tertiary/aromatic N) is 3. The fourth-order valence-corrected chi connectivity index (χ4v) is 6.91. The van der Waals surface area contributed by atoms with Crippen molar-refractivity contribution in [3.05, 3.63) is 72.5 Å². The molecule has 252 valence electrons. The number of esters is 2. The Morgan fingerprint density at radius 2 is 1.80 bits per heavy atom. The van der Waals surface area contributed by atoms with E-state index in [4.69, 9.17) is 25.8 Å². The molecule has 1 heterocycles. The molecule has 0 aliphatic heterocycles. The molecule has 0 radical (unpaired) electrons. The molecule has 3 atom stereocenters. The highest BCUT2D eigenvalue weighted by atomic mass is 35.5. The van der Waals surface area contributed by atoms with Gasteiger partial charge in [0.2, 0.25) is 0 Å². The topological polar surface area (TPSA) is 152 Å². The summed E-state index contributed by atoms with van der Waals surface area (Å²) >= 11 is 6.12. The number of alkyl halides is 1. The van der Waals surface area contributed by atoms with Crippen LogP contribution in [0.5, 0.6) is 5.88 Å². The summed E-state index contributed by atoms with van der Waals surface area (Å²) in [7, 11) is -2.34.